The Morgan fingerprint density at radius 1 is 1.08 bits per heavy atom. The van der Waals surface area contributed by atoms with E-state index in [0.717, 1.165) is 17.4 Å². The number of benzene rings is 2. The lowest BCUT2D eigenvalue weighted by molar-refractivity contribution is 0.371. The van der Waals surface area contributed by atoms with Crippen molar-refractivity contribution in [2.45, 2.75) is 39.3 Å². The number of aromatic nitrogens is 1. The van der Waals surface area contributed by atoms with E-state index in [1.54, 1.807) is 7.05 Å². The molecule has 0 radical (unpaired) electrons. The number of guanidine groups is 1. The number of fused-ring (bicyclic) bond motifs is 1. The molecule has 0 aliphatic carbocycles. The maximum atomic E-state index is 5.36. The van der Waals surface area contributed by atoms with Gasteiger partial charge < -0.3 is 15.2 Å². The van der Waals surface area contributed by atoms with E-state index in [1.165, 1.54) is 16.3 Å². The van der Waals surface area contributed by atoms with E-state index in [1.807, 2.05) is 6.07 Å². The van der Waals surface area contributed by atoms with Crippen molar-refractivity contribution < 1.29 is 4.52 Å². The van der Waals surface area contributed by atoms with Crippen molar-refractivity contribution in [3.63, 3.8) is 0 Å². The zero-order valence-electron chi connectivity index (χ0n) is 15.8. The molecule has 0 saturated heterocycles. The van der Waals surface area contributed by atoms with Gasteiger partial charge >= 0.3 is 0 Å². The molecular formula is C21H26N4O. The highest BCUT2D eigenvalue weighted by Gasteiger charge is 2.11. The molecule has 0 aliphatic heterocycles. The van der Waals surface area contributed by atoms with Gasteiger partial charge in [-0.05, 0) is 35.2 Å². The van der Waals surface area contributed by atoms with Crippen LogP contribution in [0.25, 0.3) is 10.8 Å². The summed E-state index contributed by atoms with van der Waals surface area (Å²) in [6.07, 6.45) is 0. The molecular weight excluding hydrogens is 324 g/mol. The molecule has 0 aliphatic rings. The summed E-state index contributed by atoms with van der Waals surface area (Å²) in [7, 11) is 1.77. The zero-order chi connectivity index (χ0) is 18.5. The van der Waals surface area contributed by atoms with E-state index in [0.29, 0.717) is 12.5 Å². The lowest BCUT2D eigenvalue weighted by Gasteiger charge is -2.18. The molecule has 1 heterocycles. The average Bonchev–Trinajstić information content (AvgIpc) is 3.14. The summed E-state index contributed by atoms with van der Waals surface area (Å²) in [4.78, 5) is 4.31. The van der Waals surface area contributed by atoms with Crippen molar-refractivity contribution in [2.24, 2.45) is 4.99 Å². The quantitative estimate of drug-likeness (QED) is 0.529. The molecule has 0 saturated carbocycles. The summed E-state index contributed by atoms with van der Waals surface area (Å²) in [5.41, 5.74) is 2.18. The lowest BCUT2D eigenvalue weighted by Crippen LogP contribution is -2.38. The van der Waals surface area contributed by atoms with Crippen LogP contribution in [-0.2, 0) is 6.54 Å². The Kier molecular flexibility index (Phi) is 5.56. The third-order valence-electron chi connectivity index (χ3n) is 4.45. The monoisotopic (exact) mass is 350 g/mol. The second kappa shape index (κ2) is 8.04. The molecule has 3 aromatic rings. The van der Waals surface area contributed by atoms with E-state index in [4.69, 9.17) is 4.52 Å². The molecule has 0 fully saturated rings. The summed E-state index contributed by atoms with van der Waals surface area (Å²) in [5.74, 6) is 1.89. The fraction of sp³-hybridized carbons (Fsp3) is 0.333. The van der Waals surface area contributed by atoms with Crippen molar-refractivity contribution in [3.05, 3.63) is 65.5 Å². The Morgan fingerprint density at radius 2 is 1.85 bits per heavy atom. The Morgan fingerprint density at radius 3 is 2.54 bits per heavy atom. The number of nitrogens with zero attached hydrogens (tertiary/aromatic N) is 2. The van der Waals surface area contributed by atoms with Crippen LogP contribution in [0, 0.1) is 0 Å². The van der Waals surface area contributed by atoms with Crippen LogP contribution >= 0.6 is 0 Å². The third-order valence-corrected chi connectivity index (χ3v) is 4.45. The van der Waals surface area contributed by atoms with Crippen molar-refractivity contribution in [3.8, 4) is 0 Å². The molecule has 1 atom stereocenters. The average molecular weight is 350 g/mol. The van der Waals surface area contributed by atoms with Gasteiger partial charge in [-0.2, -0.15) is 0 Å². The van der Waals surface area contributed by atoms with Crippen LogP contribution in [0.15, 0.2) is 58.0 Å². The van der Waals surface area contributed by atoms with Gasteiger partial charge in [0.2, 0.25) is 0 Å². The smallest absolute Gasteiger partial charge is 0.191 e. The second-order valence-corrected chi connectivity index (χ2v) is 6.77. The van der Waals surface area contributed by atoms with Gasteiger partial charge in [0.25, 0.3) is 0 Å². The van der Waals surface area contributed by atoms with Crippen LogP contribution in [0.2, 0.25) is 0 Å². The maximum Gasteiger partial charge on any atom is 0.191 e. The molecule has 2 N–H and O–H groups in total. The summed E-state index contributed by atoms with van der Waals surface area (Å²) < 4.78 is 5.36. The van der Waals surface area contributed by atoms with E-state index in [-0.39, 0.29) is 6.04 Å². The second-order valence-electron chi connectivity index (χ2n) is 6.77. The van der Waals surface area contributed by atoms with Crippen LogP contribution in [0.5, 0.6) is 0 Å². The first-order valence-electron chi connectivity index (χ1n) is 8.98. The van der Waals surface area contributed by atoms with E-state index >= 15 is 0 Å². The largest absolute Gasteiger partial charge is 0.359 e. The van der Waals surface area contributed by atoms with Crippen molar-refractivity contribution >= 4 is 16.7 Å². The van der Waals surface area contributed by atoms with Gasteiger partial charge in [0.05, 0.1) is 18.3 Å². The number of hydrogen-bond donors (Lipinski definition) is 2. The first-order chi connectivity index (χ1) is 12.6. The number of rotatable bonds is 5. The predicted molar refractivity (Wildman–Crippen MR) is 106 cm³/mol. The Hall–Kier alpha value is -2.82. The molecule has 2 aromatic carbocycles. The van der Waals surface area contributed by atoms with E-state index < -0.39 is 0 Å². The molecule has 136 valence electrons. The minimum Gasteiger partial charge on any atom is -0.359 e. The van der Waals surface area contributed by atoms with Crippen molar-refractivity contribution in [1.29, 1.82) is 0 Å². The highest BCUT2D eigenvalue weighted by molar-refractivity contribution is 5.84. The van der Waals surface area contributed by atoms with Crippen LogP contribution in [0.3, 0.4) is 0 Å². The first kappa shape index (κ1) is 18.0. The first-order valence-corrected chi connectivity index (χ1v) is 8.98. The topological polar surface area (TPSA) is 62.5 Å². The van der Waals surface area contributed by atoms with Gasteiger partial charge in [-0.3, -0.25) is 4.99 Å². The molecule has 3 rings (SSSR count). The van der Waals surface area contributed by atoms with Crippen LogP contribution in [0.1, 0.15) is 49.7 Å². The standard InChI is InChI=1S/C21H26N4O/c1-14(2)20-12-19(26-25-20)13-23-21(22-4)24-15(3)17-10-9-16-7-5-6-8-18(16)11-17/h5-12,14-15H,13H2,1-4H3,(H2,22,23,24). The minimum atomic E-state index is 0.131. The fourth-order valence-corrected chi connectivity index (χ4v) is 2.82. The molecule has 5 nitrogen and oxygen atoms in total. The number of aliphatic imine (C=N–C) groups is 1. The minimum absolute atomic E-state index is 0.131. The lowest BCUT2D eigenvalue weighted by atomic mass is 10.0. The van der Waals surface area contributed by atoms with Crippen molar-refractivity contribution in [1.82, 2.24) is 15.8 Å². The summed E-state index contributed by atoms with van der Waals surface area (Å²) >= 11 is 0. The van der Waals surface area contributed by atoms with Gasteiger partial charge in [0.15, 0.2) is 11.7 Å². The van der Waals surface area contributed by atoms with Crippen LogP contribution < -0.4 is 10.6 Å². The molecule has 26 heavy (non-hydrogen) atoms. The van der Waals surface area contributed by atoms with Gasteiger partial charge in [-0.25, -0.2) is 0 Å². The molecule has 0 bridgehead atoms. The van der Waals surface area contributed by atoms with Crippen molar-refractivity contribution in [2.75, 3.05) is 7.05 Å². The highest BCUT2D eigenvalue weighted by Crippen LogP contribution is 2.20. The van der Waals surface area contributed by atoms with Crippen LogP contribution in [0.4, 0.5) is 0 Å². The van der Waals surface area contributed by atoms with E-state index in [9.17, 15) is 0 Å². The molecule has 0 spiro atoms. The SMILES string of the molecule is CN=C(NCc1cc(C(C)C)no1)NC(C)c1ccc2ccccc2c1. The molecule has 0 amide bonds. The van der Waals surface area contributed by atoms with Gasteiger partial charge in [-0.1, -0.05) is 55.4 Å². The Bertz CT molecular complexity index is 898. The molecule has 5 heteroatoms. The Labute approximate surface area is 154 Å². The predicted octanol–water partition coefficient (Wildman–Crippen LogP) is 4.38. The van der Waals surface area contributed by atoms with Gasteiger partial charge in [0, 0.05) is 13.1 Å². The summed E-state index contributed by atoms with van der Waals surface area (Å²) in [5, 5.41) is 13.3. The third kappa shape index (κ3) is 4.23. The number of nitrogens with one attached hydrogen (secondary N) is 2. The summed E-state index contributed by atoms with van der Waals surface area (Å²) in [6.45, 7) is 6.87. The highest BCUT2D eigenvalue weighted by atomic mass is 16.5. The normalized spacial score (nSPS) is 13.2. The fourth-order valence-electron chi connectivity index (χ4n) is 2.82. The maximum absolute atomic E-state index is 5.36. The van der Waals surface area contributed by atoms with Gasteiger partial charge in [-0.15, -0.1) is 0 Å². The summed E-state index contributed by atoms with van der Waals surface area (Å²) in [6, 6.07) is 17.0. The molecule has 1 aromatic heterocycles. The zero-order valence-corrected chi connectivity index (χ0v) is 15.8. The molecule has 1 unspecified atom stereocenters. The van der Waals surface area contributed by atoms with Crippen LogP contribution in [-0.4, -0.2) is 18.2 Å². The van der Waals surface area contributed by atoms with E-state index in [2.05, 4.69) is 84.0 Å². The Balaban J connectivity index is 1.62. The van der Waals surface area contributed by atoms with Gasteiger partial charge in [0.1, 0.15) is 0 Å². The number of hydrogen-bond acceptors (Lipinski definition) is 3.